The molecule has 15 heavy (non-hydrogen) atoms. The Bertz CT molecular complexity index is 338. The number of rotatable bonds is 5. The van der Waals surface area contributed by atoms with Crippen molar-refractivity contribution in [3.8, 4) is 5.88 Å². The second-order valence-electron chi connectivity index (χ2n) is 3.49. The fraction of sp³-hybridized carbons (Fsp3) is 0.455. The number of nitrogens with one attached hydrogen (secondary N) is 1. The van der Waals surface area contributed by atoms with Gasteiger partial charge in [-0.05, 0) is 20.4 Å². The molecule has 0 spiro atoms. The van der Waals surface area contributed by atoms with Crippen molar-refractivity contribution in [2.45, 2.75) is 19.4 Å². The molecule has 0 aliphatic heterocycles. The minimum atomic E-state index is 0.166. The van der Waals surface area contributed by atoms with Crippen molar-refractivity contribution >= 4 is 0 Å². The summed E-state index contributed by atoms with van der Waals surface area (Å²) < 4.78 is 5.05. The van der Waals surface area contributed by atoms with Crippen LogP contribution in [0.25, 0.3) is 0 Å². The van der Waals surface area contributed by atoms with E-state index < -0.39 is 0 Å². The molecule has 0 amide bonds. The molecule has 0 aromatic carbocycles. The standard InChI is InChI=1S/C11H17N3O/c1-8(2)5-9(12-3)10-6-11(15-4)14-7-13-10/h6-7,9,12H,1,5H2,2-4H3. The van der Waals surface area contributed by atoms with Crippen LogP contribution in [0.4, 0.5) is 0 Å². The minimum Gasteiger partial charge on any atom is -0.481 e. The summed E-state index contributed by atoms with van der Waals surface area (Å²) in [5, 5.41) is 3.19. The summed E-state index contributed by atoms with van der Waals surface area (Å²) >= 11 is 0. The molecule has 0 aliphatic rings. The Hall–Kier alpha value is -1.42. The van der Waals surface area contributed by atoms with Gasteiger partial charge in [0, 0.05) is 6.07 Å². The molecule has 0 aliphatic carbocycles. The van der Waals surface area contributed by atoms with Crippen LogP contribution in [0.3, 0.4) is 0 Å². The van der Waals surface area contributed by atoms with Gasteiger partial charge in [0.05, 0.1) is 18.8 Å². The Morgan fingerprint density at radius 3 is 2.87 bits per heavy atom. The van der Waals surface area contributed by atoms with Gasteiger partial charge in [0.1, 0.15) is 6.33 Å². The third-order valence-corrected chi connectivity index (χ3v) is 2.13. The summed E-state index contributed by atoms with van der Waals surface area (Å²) in [7, 11) is 3.50. The lowest BCUT2D eigenvalue weighted by Crippen LogP contribution is -2.18. The van der Waals surface area contributed by atoms with Crippen LogP contribution in [0.15, 0.2) is 24.5 Å². The van der Waals surface area contributed by atoms with E-state index in [1.165, 1.54) is 6.33 Å². The zero-order valence-electron chi connectivity index (χ0n) is 9.45. The predicted octanol–water partition coefficient (Wildman–Crippen LogP) is 1.71. The summed E-state index contributed by atoms with van der Waals surface area (Å²) in [5.41, 5.74) is 2.04. The van der Waals surface area contributed by atoms with Crippen LogP contribution < -0.4 is 10.1 Å². The first-order valence-corrected chi connectivity index (χ1v) is 4.85. The average Bonchev–Trinajstić information content (AvgIpc) is 2.25. The van der Waals surface area contributed by atoms with Crippen molar-refractivity contribution in [2.24, 2.45) is 0 Å². The first kappa shape index (κ1) is 11.7. The number of nitrogens with zero attached hydrogens (tertiary/aromatic N) is 2. The van der Waals surface area contributed by atoms with Gasteiger partial charge in [0.15, 0.2) is 0 Å². The Morgan fingerprint density at radius 2 is 2.33 bits per heavy atom. The van der Waals surface area contributed by atoms with Crippen molar-refractivity contribution in [1.82, 2.24) is 15.3 Å². The van der Waals surface area contributed by atoms with Crippen LogP contribution in [0.1, 0.15) is 25.1 Å². The number of ether oxygens (including phenoxy) is 1. The van der Waals surface area contributed by atoms with E-state index in [1.807, 2.05) is 20.0 Å². The molecule has 0 fully saturated rings. The molecule has 1 heterocycles. The quantitative estimate of drug-likeness (QED) is 0.747. The summed E-state index contributed by atoms with van der Waals surface area (Å²) in [6.45, 7) is 5.90. The van der Waals surface area contributed by atoms with E-state index in [-0.39, 0.29) is 6.04 Å². The Morgan fingerprint density at radius 1 is 1.60 bits per heavy atom. The molecule has 1 aromatic heterocycles. The summed E-state index contributed by atoms with van der Waals surface area (Å²) in [6, 6.07) is 2.00. The van der Waals surface area contributed by atoms with Crippen molar-refractivity contribution in [2.75, 3.05) is 14.2 Å². The van der Waals surface area contributed by atoms with E-state index in [1.54, 1.807) is 7.11 Å². The number of methoxy groups -OCH3 is 1. The molecule has 4 nitrogen and oxygen atoms in total. The topological polar surface area (TPSA) is 47.0 Å². The van der Waals surface area contributed by atoms with Crippen LogP contribution in [0, 0.1) is 0 Å². The molecule has 0 bridgehead atoms. The molecule has 0 saturated heterocycles. The normalized spacial score (nSPS) is 12.2. The van der Waals surface area contributed by atoms with Crippen LogP contribution in [-0.4, -0.2) is 24.1 Å². The van der Waals surface area contributed by atoms with Gasteiger partial charge in [-0.25, -0.2) is 9.97 Å². The molecule has 82 valence electrons. The van der Waals surface area contributed by atoms with Crippen LogP contribution in [-0.2, 0) is 0 Å². The fourth-order valence-corrected chi connectivity index (χ4v) is 1.36. The highest BCUT2D eigenvalue weighted by atomic mass is 16.5. The third-order valence-electron chi connectivity index (χ3n) is 2.13. The monoisotopic (exact) mass is 207 g/mol. The lowest BCUT2D eigenvalue weighted by atomic mass is 10.1. The molecule has 4 heteroatoms. The lowest BCUT2D eigenvalue weighted by Gasteiger charge is -2.15. The second kappa shape index (κ2) is 5.46. The number of hydrogen-bond donors (Lipinski definition) is 1. The van der Waals surface area contributed by atoms with E-state index in [9.17, 15) is 0 Å². The van der Waals surface area contributed by atoms with E-state index in [0.29, 0.717) is 5.88 Å². The molecular formula is C11H17N3O. The van der Waals surface area contributed by atoms with E-state index in [0.717, 1.165) is 17.7 Å². The first-order valence-electron chi connectivity index (χ1n) is 4.85. The second-order valence-corrected chi connectivity index (χ2v) is 3.49. The molecule has 1 unspecified atom stereocenters. The average molecular weight is 207 g/mol. The molecule has 0 saturated carbocycles. The van der Waals surface area contributed by atoms with Gasteiger partial charge in [-0.2, -0.15) is 0 Å². The zero-order valence-corrected chi connectivity index (χ0v) is 9.45. The maximum Gasteiger partial charge on any atom is 0.216 e. The number of hydrogen-bond acceptors (Lipinski definition) is 4. The maximum atomic E-state index is 5.05. The SMILES string of the molecule is C=C(C)CC(NC)c1cc(OC)ncn1. The maximum absolute atomic E-state index is 5.05. The highest BCUT2D eigenvalue weighted by Crippen LogP contribution is 2.19. The van der Waals surface area contributed by atoms with Crippen molar-refractivity contribution in [1.29, 1.82) is 0 Å². The summed E-state index contributed by atoms with van der Waals surface area (Å²) in [6.07, 6.45) is 2.37. The van der Waals surface area contributed by atoms with E-state index in [2.05, 4.69) is 21.9 Å². The molecular weight excluding hydrogens is 190 g/mol. The Kier molecular flexibility index (Phi) is 4.24. The Balaban J connectivity index is 2.85. The largest absolute Gasteiger partial charge is 0.481 e. The Labute approximate surface area is 90.4 Å². The van der Waals surface area contributed by atoms with E-state index in [4.69, 9.17) is 4.74 Å². The molecule has 1 N–H and O–H groups in total. The van der Waals surface area contributed by atoms with Gasteiger partial charge in [-0.1, -0.05) is 5.57 Å². The van der Waals surface area contributed by atoms with Gasteiger partial charge in [-0.15, -0.1) is 6.58 Å². The van der Waals surface area contributed by atoms with Crippen LogP contribution in [0.2, 0.25) is 0 Å². The zero-order chi connectivity index (χ0) is 11.3. The van der Waals surface area contributed by atoms with Crippen LogP contribution in [0.5, 0.6) is 5.88 Å². The van der Waals surface area contributed by atoms with Crippen molar-refractivity contribution in [3.63, 3.8) is 0 Å². The van der Waals surface area contributed by atoms with Crippen molar-refractivity contribution in [3.05, 3.63) is 30.2 Å². The molecule has 1 atom stereocenters. The lowest BCUT2D eigenvalue weighted by molar-refractivity contribution is 0.394. The fourth-order valence-electron chi connectivity index (χ4n) is 1.36. The van der Waals surface area contributed by atoms with Gasteiger partial charge >= 0.3 is 0 Å². The predicted molar refractivity (Wildman–Crippen MR) is 59.8 cm³/mol. The molecule has 1 rings (SSSR count). The smallest absolute Gasteiger partial charge is 0.216 e. The number of aromatic nitrogens is 2. The molecule has 1 aromatic rings. The van der Waals surface area contributed by atoms with Gasteiger partial charge in [0.2, 0.25) is 5.88 Å². The van der Waals surface area contributed by atoms with Gasteiger partial charge < -0.3 is 10.1 Å². The van der Waals surface area contributed by atoms with E-state index >= 15 is 0 Å². The summed E-state index contributed by atoms with van der Waals surface area (Å²) in [5.74, 6) is 0.585. The third kappa shape index (κ3) is 3.32. The first-order chi connectivity index (χ1) is 7.17. The van der Waals surface area contributed by atoms with Gasteiger partial charge in [0.25, 0.3) is 0 Å². The highest BCUT2D eigenvalue weighted by Gasteiger charge is 2.11. The molecule has 0 radical (unpaired) electrons. The summed E-state index contributed by atoms with van der Waals surface area (Å²) in [4.78, 5) is 8.19. The minimum absolute atomic E-state index is 0.166. The van der Waals surface area contributed by atoms with Gasteiger partial charge in [-0.3, -0.25) is 0 Å². The highest BCUT2D eigenvalue weighted by molar-refractivity contribution is 5.17. The van der Waals surface area contributed by atoms with Crippen LogP contribution >= 0.6 is 0 Å². The van der Waals surface area contributed by atoms with Crippen molar-refractivity contribution < 1.29 is 4.74 Å².